The maximum atomic E-state index is 12.9. The summed E-state index contributed by atoms with van der Waals surface area (Å²) in [6, 6.07) is 10.5. The van der Waals surface area contributed by atoms with Crippen LogP contribution in [0.4, 0.5) is 4.39 Å². The number of hydrogen-bond acceptors (Lipinski definition) is 4. The van der Waals surface area contributed by atoms with Gasteiger partial charge in [0.2, 0.25) is 0 Å². The highest BCUT2D eigenvalue weighted by Crippen LogP contribution is 2.21. The Kier molecular flexibility index (Phi) is 4.98. The van der Waals surface area contributed by atoms with E-state index in [4.69, 9.17) is 4.74 Å². The summed E-state index contributed by atoms with van der Waals surface area (Å²) >= 11 is 0. The van der Waals surface area contributed by atoms with Gasteiger partial charge in [0, 0.05) is 44.6 Å². The number of nitrogens with one attached hydrogen (secondary N) is 1. The smallest absolute Gasteiger partial charge is 0.123 e. The van der Waals surface area contributed by atoms with Gasteiger partial charge in [-0.3, -0.25) is 9.88 Å². The van der Waals surface area contributed by atoms with Crippen molar-refractivity contribution in [1.82, 2.24) is 15.2 Å². The largest absolute Gasteiger partial charge is 0.492 e. The third-order valence-corrected chi connectivity index (χ3v) is 3.88. The second-order valence-electron chi connectivity index (χ2n) is 5.34. The molecular formula is C17H20FN3O. The Bertz CT molecular complexity index is 576. The van der Waals surface area contributed by atoms with Gasteiger partial charge in [-0.05, 0) is 35.9 Å². The van der Waals surface area contributed by atoms with Crippen LogP contribution in [0.3, 0.4) is 0 Å². The van der Waals surface area contributed by atoms with E-state index in [0.29, 0.717) is 18.4 Å². The van der Waals surface area contributed by atoms with Crippen LogP contribution in [0.15, 0.2) is 48.8 Å². The summed E-state index contributed by atoms with van der Waals surface area (Å²) in [4.78, 5) is 6.61. The number of hydrogen-bond donors (Lipinski definition) is 1. The molecule has 0 amide bonds. The second-order valence-corrected chi connectivity index (χ2v) is 5.34. The first-order chi connectivity index (χ1) is 10.8. The zero-order chi connectivity index (χ0) is 15.2. The van der Waals surface area contributed by atoms with Gasteiger partial charge >= 0.3 is 0 Å². The fourth-order valence-corrected chi connectivity index (χ4v) is 2.73. The van der Waals surface area contributed by atoms with Crippen molar-refractivity contribution >= 4 is 0 Å². The first kappa shape index (κ1) is 14.9. The second kappa shape index (κ2) is 7.33. The number of rotatable bonds is 5. The minimum absolute atomic E-state index is 0.244. The first-order valence-corrected chi connectivity index (χ1v) is 7.56. The Balaban J connectivity index is 1.56. The van der Waals surface area contributed by atoms with Gasteiger partial charge in [0.05, 0.1) is 0 Å². The van der Waals surface area contributed by atoms with Crippen molar-refractivity contribution in [2.24, 2.45) is 0 Å². The Morgan fingerprint density at radius 2 is 2.14 bits per heavy atom. The van der Waals surface area contributed by atoms with Crippen LogP contribution in [-0.2, 0) is 0 Å². The van der Waals surface area contributed by atoms with E-state index in [0.717, 1.165) is 26.2 Å². The van der Waals surface area contributed by atoms with Crippen LogP contribution in [0.2, 0.25) is 0 Å². The lowest BCUT2D eigenvalue weighted by Crippen LogP contribution is -2.47. The summed E-state index contributed by atoms with van der Waals surface area (Å²) < 4.78 is 18.6. The highest BCUT2D eigenvalue weighted by molar-refractivity contribution is 5.22. The number of nitrogens with zero attached hydrogens (tertiary/aromatic N) is 2. The van der Waals surface area contributed by atoms with Crippen LogP contribution in [0, 0.1) is 5.82 Å². The molecule has 2 aromatic rings. The summed E-state index contributed by atoms with van der Waals surface area (Å²) in [6.45, 7) is 4.29. The van der Waals surface area contributed by atoms with Crippen molar-refractivity contribution in [2.45, 2.75) is 6.04 Å². The first-order valence-electron chi connectivity index (χ1n) is 7.56. The Morgan fingerprint density at radius 3 is 2.91 bits per heavy atom. The van der Waals surface area contributed by atoms with Crippen LogP contribution >= 0.6 is 0 Å². The molecule has 1 atom stereocenters. The Morgan fingerprint density at radius 1 is 1.27 bits per heavy atom. The molecule has 1 aromatic carbocycles. The van der Waals surface area contributed by atoms with Crippen LogP contribution in [0.25, 0.3) is 0 Å². The summed E-state index contributed by atoms with van der Waals surface area (Å²) in [5.74, 6) is 0.459. The van der Waals surface area contributed by atoms with Crippen LogP contribution in [0.5, 0.6) is 5.75 Å². The van der Waals surface area contributed by atoms with Crippen LogP contribution in [0.1, 0.15) is 11.6 Å². The summed E-state index contributed by atoms with van der Waals surface area (Å²) in [5, 5.41) is 3.43. The predicted octanol–water partition coefficient (Wildman–Crippen LogP) is 2.25. The Hall–Kier alpha value is -1.98. The molecule has 5 heteroatoms. The van der Waals surface area contributed by atoms with Crippen molar-refractivity contribution in [3.05, 3.63) is 60.2 Å². The quantitative estimate of drug-likeness (QED) is 0.919. The van der Waals surface area contributed by atoms with Gasteiger partial charge in [-0.1, -0.05) is 6.07 Å². The van der Waals surface area contributed by atoms with Crippen molar-refractivity contribution in [2.75, 3.05) is 32.8 Å². The van der Waals surface area contributed by atoms with E-state index >= 15 is 0 Å². The molecule has 1 aliphatic rings. The van der Waals surface area contributed by atoms with Gasteiger partial charge in [0.15, 0.2) is 0 Å². The van der Waals surface area contributed by atoms with E-state index < -0.39 is 0 Å². The number of halogens is 1. The van der Waals surface area contributed by atoms with Crippen molar-refractivity contribution in [3.8, 4) is 5.75 Å². The van der Waals surface area contributed by atoms with E-state index in [1.165, 1.54) is 17.7 Å². The molecule has 116 valence electrons. The van der Waals surface area contributed by atoms with Gasteiger partial charge in [0.25, 0.3) is 0 Å². The summed E-state index contributed by atoms with van der Waals surface area (Å²) in [7, 11) is 0. The normalized spacial score (nSPS) is 19.0. The van der Waals surface area contributed by atoms with Gasteiger partial charge in [-0.15, -0.1) is 0 Å². The number of pyridine rings is 1. The average Bonchev–Trinajstić information content (AvgIpc) is 2.58. The highest BCUT2D eigenvalue weighted by Gasteiger charge is 2.23. The van der Waals surface area contributed by atoms with Gasteiger partial charge in [-0.2, -0.15) is 0 Å². The van der Waals surface area contributed by atoms with E-state index in [1.807, 2.05) is 12.3 Å². The van der Waals surface area contributed by atoms with E-state index in [-0.39, 0.29) is 5.82 Å². The molecule has 1 aliphatic heterocycles. The van der Waals surface area contributed by atoms with E-state index in [1.54, 1.807) is 18.3 Å². The monoisotopic (exact) mass is 301 g/mol. The highest BCUT2D eigenvalue weighted by atomic mass is 19.1. The fraction of sp³-hybridized carbons (Fsp3) is 0.353. The van der Waals surface area contributed by atoms with E-state index in [9.17, 15) is 4.39 Å². The zero-order valence-corrected chi connectivity index (χ0v) is 12.4. The third kappa shape index (κ3) is 3.81. The molecule has 0 bridgehead atoms. The maximum Gasteiger partial charge on any atom is 0.123 e. The Labute approximate surface area is 129 Å². The average molecular weight is 301 g/mol. The number of ether oxygens (including phenoxy) is 1. The molecule has 1 N–H and O–H groups in total. The number of piperazine rings is 1. The predicted molar refractivity (Wildman–Crippen MR) is 83.3 cm³/mol. The zero-order valence-electron chi connectivity index (χ0n) is 12.4. The van der Waals surface area contributed by atoms with Gasteiger partial charge < -0.3 is 10.1 Å². The molecule has 4 nitrogen and oxygen atoms in total. The molecule has 1 unspecified atom stereocenters. The molecular weight excluding hydrogens is 281 g/mol. The maximum absolute atomic E-state index is 12.9. The molecule has 3 rings (SSSR count). The minimum Gasteiger partial charge on any atom is -0.492 e. The lowest BCUT2D eigenvalue weighted by molar-refractivity contribution is 0.134. The van der Waals surface area contributed by atoms with E-state index in [2.05, 4.69) is 21.3 Å². The summed E-state index contributed by atoms with van der Waals surface area (Å²) in [6.07, 6.45) is 3.72. The van der Waals surface area contributed by atoms with Crippen molar-refractivity contribution in [3.63, 3.8) is 0 Å². The van der Waals surface area contributed by atoms with Crippen LogP contribution < -0.4 is 10.1 Å². The molecule has 0 aliphatic carbocycles. The van der Waals surface area contributed by atoms with Crippen molar-refractivity contribution in [1.29, 1.82) is 0 Å². The number of aromatic nitrogens is 1. The topological polar surface area (TPSA) is 37.4 Å². The molecule has 0 spiro atoms. The number of benzene rings is 1. The SMILES string of the molecule is Fc1ccc(OCCN2CCNCC2c2cccnc2)cc1. The standard InChI is InChI=1S/C17H20FN3O/c18-15-3-5-16(6-4-15)22-11-10-21-9-8-20-13-17(21)14-2-1-7-19-12-14/h1-7,12,17,20H,8-11,13H2. The molecule has 2 heterocycles. The van der Waals surface area contributed by atoms with Crippen LogP contribution in [-0.4, -0.2) is 42.7 Å². The molecule has 1 aromatic heterocycles. The molecule has 1 saturated heterocycles. The lowest BCUT2D eigenvalue weighted by Gasteiger charge is -2.36. The van der Waals surface area contributed by atoms with Gasteiger partial charge in [0.1, 0.15) is 18.2 Å². The minimum atomic E-state index is -0.244. The molecule has 1 fully saturated rings. The van der Waals surface area contributed by atoms with Gasteiger partial charge in [-0.25, -0.2) is 4.39 Å². The fourth-order valence-electron chi connectivity index (χ4n) is 2.73. The molecule has 0 saturated carbocycles. The lowest BCUT2D eigenvalue weighted by atomic mass is 10.1. The van der Waals surface area contributed by atoms with Crippen molar-refractivity contribution < 1.29 is 9.13 Å². The molecule has 0 radical (unpaired) electrons. The third-order valence-electron chi connectivity index (χ3n) is 3.88. The molecule has 22 heavy (non-hydrogen) atoms. The summed E-state index contributed by atoms with van der Waals surface area (Å²) in [5.41, 5.74) is 1.22.